The maximum atomic E-state index is 12.2. The highest BCUT2D eigenvalue weighted by Gasteiger charge is 2.18. The fraction of sp³-hybridized carbons (Fsp3) is 0.308. The molecule has 1 heterocycles. The molecule has 0 amide bonds. The maximum absolute atomic E-state index is 12.2. The zero-order valence-electron chi connectivity index (χ0n) is 12.1. The van der Waals surface area contributed by atoms with Crippen LogP contribution in [0.15, 0.2) is 33.8 Å². The predicted octanol–water partition coefficient (Wildman–Crippen LogP) is 1.75. The summed E-state index contributed by atoms with van der Waals surface area (Å²) in [5, 5.41) is 6.94. The van der Waals surface area contributed by atoms with Crippen molar-refractivity contribution in [2.45, 2.75) is 25.2 Å². The summed E-state index contributed by atoms with van der Waals surface area (Å²) in [6, 6.07) is 5.41. The van der Waals surface area contributed by atoms with E-state index in [1.165, 1.54) is 24.3 Å². The molecule has 0 saturated heterocycles. The van der Waals surface area contributed by atoms with Gasteiger partial charge in [0.2, 0.25) is 5.82 Å². The summed E-state index contributed by atoms with van der Waals surface area (Å²) < 4.78 is 36.0. The first kappa shape index (κ1) is 16.0. The van der Waals surface area contributed by atoms with Crippen LogP contribution in [0.25, 0.3) is 0 Å². The van der Waals surface area contributed by atoms with E-state index in [4.69, 9.17) is 4.74 Å². The Hall–Kier alpha value is -2.42. The van der Waals surface area contributed by atoms with Crippen LogP contribution >= 0.6 is 0 Å². The van der Waals surface area contributed by atoms with Crippen molar-refractivity contribution in [2.75, 3.05) is 11.3 Å². The molecule has 9 heteroatoms. The molecule has 8 nitrogen and oxygen atoms in total. The van der Waals surface area contributed by atoms with E-state index in [9.17, 15) is 13.2 Å². The maximum Gasteiger partial charge on any atom is 0.338 e. The molecular weight excluding hydrogens is 310 g/mol. The Morgan fingerprint density at radius 2 is 1.95 bits per heavy atom. The second-order valence-corrected chi connectivity index (χ2v) is 6.15. The van der Waals surface area contributed by atoms with Gasteiger partial charge >= 0.3 is 5.97 Å². The van der Waals surface area contributed by atoms with Crippen LogP contribution in [0.5, 0.6) is 0 Å². The minimum absolute atomic E-state index is 0.0121. The highest BCUT2D eigenvalue weighted by atomic mass is 32.2. The van der Waals surface area contributed by atoms with Crippen molar-refractivity contribution in [1.29, 1.82) is 0 Å². The van der Waals surface area contributed by atoms with E-state index in [0.717, 1.165) is 0 Å². The second-order valence-electron chi connectivity index (χ2n) is 4.46. The van der Waals surface area contributed by atoms with Crippen molar-refractivity contribution >= 4 is 21.8 Å². The highest BCUT2D eigenvalue weighted by molar-refractivity contribution is 7.92. The number of rotatable bonds is 6. The van der Waals surface area contributed by atoms with Gasteiger partial charge in [-0.2, -0.15) is 0 Å². The number of nitrogens with zero attached hydrogens (tertiary/aromatic N) is 2. The van der Waals surface area contributed by atoms with Crippen LogP contribution in [0.4, 0.5) is 5.82 Å². The minimum atomic E-state index is -3.83. The fourth-order valence-corrected chi connectivity index (χ4v) is 2.61. The molecule has 0 bridgehead atoms. The van der Waals surface area contributed by atoms with Gasteiger partial charge < -0.3 is 4.74 Å². The van der Waals surface area contributed by atoms with Gasteiger partial charge in [-0.05, 0) is 42.8 Å². The summed E-state index contributed by atoms with van der Waals surface area (Å²) in [5.74, 6) is -0.471. The van der Waals surface area contributed by atoms with Gasteiger partial charge in [-0.15, -0.1) is 0 Å². The lowest BCUT2D eigenvalue weighted by Gasteiger charge is -2.07. The average Bonchev–Trinajstić information content (AvgIpc) is 2.89. The molecule has 1 N–H and O–H groups in total. The Labute approximate surface area is 127 Å². The molecule has 2 aromatic rings. The van der Waals surface area contributed by atoms with Gasteiger partial charge in [0.25, 0.3) is 10.0 Å². The zero-order valence-corrected chi connectivity index (χ0v) is 12.9. The first-order valence-electron chi connectivity index (χ1n) is 6.53. The molecule has 0 spiro atoms. The van der Waals surface area contributed by atoms with Crippen LogP contribution in [0.1, 0.15) is 29.4 Å². The predicted molar refractivity (Wildman–Crippen MR) is 76.9 cm³/mol. The molecule has 0 radical (unpaired) electrons. The average molecular weight is 325 g/mol. The number of sulfonamides is 1. The Kier molecular flexibility index (Phi) is 4.76. The Morgan fingerprint density at radius 1 is 1.27 bits per heavy atom. The largest absolute Gasteiger partial charge is 0.462 e. The summed E-state index contributed by atoms with van der Waals surface area (Å²) in [7, 11) is -3.83. The lowest BCUT2D eigenvalue weighted by Crippen LogP contribution is -2.14. The standard InChI is InChI=1S/C13H15N3O5S/c1-3-8-20-13(17)10-4-6-11(7-5-10)22(18,19)16-12-9(2)14-21-15-12/h4-7H,3,8H2,1-2H3,(H,15,16). The van der Waals surface area contributed by atoms with Crippen LogP contribution in [-0.2, 0) is 14.8 Å². The van der Waals surface area contributed by atoms with Crippen LogP contribution in [-0.4, -0.2) is 31.3 Å². The zero-order chi connectivity index (χ0) is 16.2. The topological polar surface area (TPSA) is 111 Å². The molecule has 118 valence electrons. The molecule has 0 aliphatic carbocycles. The van der Waals surface area contributed by atoms with Crippen molar-refractivity contribution < 1.29 is 22.6 Å². The number of carbonyl (C=O) groups excluding carboxylic acids is 1. The summed E-state index contributed by atoms with van der Waals surface area (Å²) in [4.78, 5) is 11.6. The summed E-state index contributed by atoms with van der Waals surface area (Å²) in [6.45, 7) is 3.76. The van der Waals surface area contributed by atoms with Gasteiger partial charge in [-0.1, -0.05) is 12.1 Å². The minimum Gasteiger partial charge on any atom is -0.462 e. The molecule has 0 unspecified atom stereocenters. The van der Waals surface area contributed by atoms with Crippen molar-refractivity contribution in [3.8, 4) is 0 Å². The number of carbonyl (C=O) groups is 1. The Balaban J connectivity index is 2.15. The molecule has 0 saturated carbocycles. The molecule has 1 aromatic carbocycles. The molecule has 1 aromatic heterocycles. The normalized spacial score (nSPS) is 11.2. The van der Waals surface area contributed by atoms with Crippen molar-refractivity contribution in [2.24, 2.45) is 0 Å². The number of nitrogens with one attached hydrogen (secondary N) is 1. The van der Waals surface area contributed by atoms with E-state index in [-0.39, 0.29) is 16.3 Å². The third kappa shape index (κ3) is 3.61. The number of hydrogen-bond acceptors (Lipinski definition) is 7. The van der Waals surface area contributed by atoms with Crippen LogP contribution in [0.3, 0.4) is 0 Å². The summed E-state index contributed by atoms with van der Waals surface area (Å²) in [5.41, 5.74) is 0.607. The molecular formula is C13H15N3O5S. The molecule has 0 aliphatic heterocycles. The van der Waals surface area contributed by atoms with Crippen LogP contribution in [0.2, 0.25) is 0 Å². The van der Waals surface area contributed by atoms with Gasteiger partial charge in [0, 0.05) is 0 Å². The van der Waals surface area contributed by atoms with Crippen LogP contribution < -0.4 is 4.72 Å². The highest BCUT2D eigenvalue weighted by Crippen LogP contribution is 2.17. The van der Waals surface area contributed by atoms with Crippen molar-refractivity contribution in [3.63, 3.8) is 0 Å². The van der Waals surface area contributed by atoms with E-state index in [0.29, 0.717) is 18.7 Å². The third-order valence-corrected chi connectivity index (χ3v) is 4.08. The van der Waals surface area contributed by atoms with Gasteiger partial charge in [-0.3, -0.25) is 4.72 Å². The second kappa shape index (κ2) is 6.56. The number of hydrogen-bond donors (Lipinski definition) is 1. The van der Waals surface area contributed by atoms with E-state index in [2.05, 4.69) is 19.7 Å². The van der Waals surface area contributed by atoms with Gasteiger partial charge in [0.1, 0.15) is 5.69 Å². The molecule has 2 rings (SSSR count). The third-order valence-electron chi connectivity index (χ3n) is 2.72. The number of esters is 1. The Morgan fingerprint density at radius 3 is 2.50 bits per heavy atom. The Bertz CT molecular complexity index is 752. The van der Waals surface area contributed by atoms with Gasteiger partial charge in [0.15, 0.2) is 0 Å². The lowest BCUT2D eigenvalue weighted by atomic mass is 10.2. The molecule has 0 aliphatic rings. The molecule has 22 heavy (non-hydrogen) atoms. The SMILES string of the molecule is CCCOC(=O)c1ccc(S(=O)(=O)Nc2nonc2C)cc1. The van der Waals surface area contributed by atoms with Crippen molar-refractivity contribution in [1.82, 2.24) is 10.3 Å². The smallest absolute Gasteiger partial charge is 0.338 e. The first-order chi connectivity index (χ1) is 10.4. The number of aryl methyl sites for hydroxylation is 1. The van der Waals surface area contributed by atoms with Gasteiger partial charge in [0.05, 0.1) is 17.1 Å². The molecule has 0 atom stereocenters. The quantitative estimate of drug-likeness (QED) is 0.805. The number of anilines is 1. The number of ether oxygens (including phenoxy) is 1. The van der Waals surface area contributed by atoms with E-state index in [1.807, 2.05) is 6.92 Å². The van der Waals surface area contributed by atoms with Crippen molar-refractivity contribution in [3.05, 3.63) is 35.5 Å². The van der Waals surface area contributed by atoms with E-state index < -0.39 is 16.0 Å². The lowest BCUT2D eigenvalue weighted by molar-refractivity contribution is 0.0505. The monoisotopic (exact) mass is 325 g/mol. The van der Waals surface area contributed by atoms with E-state index >= 15 is 0 Å². The summed E-state index contributed by atoms with van der Waals surface area (Å²) in [6.07, 6.45) is 0.715. The summed E-state index contributed by atoms with van der Waals surface area (Å²) >= 11 is 0. The first-order valence-corrected chi connectivity index (χ1v) is 8.01. The number of aromatic nitrogens is 2. The fourth-order valence-electron chi connectivity index (χ4n) is 1.56. The molecule has 0 fully saturated rings. The van der Waals surface area contributed by atoms with Gasteiger partial charge in [-0.25, -0.2) is 17.8 Å². The van der Waals surface area contributed by atoms with Crippen LogP contribution in [0, 0.1) is 6.92 Å². The number of benzene rings is 1. The van der Waals surface area contributed by atoms with E-state index in [1.54, 1.807) is 6.92 Å².